The van der Waals surface area contributed by atoms with Gasteiger partial charge >= 0.3 is 5.97 Å². The van der Waals surface area contributed by atoms with Gasteiger partial charge in [0.2, 0.25) is 0 Å². The molecular weight excluding hydrogens is 233 g/mol. The van der Waals surface area contributed by atoms with E-state index in [1.807, 2.05) is 22.6 Å². The third kappa shape index (κ3) is 4.41. The van der Waals surface area contributed by atoms with Crippen molar-refractivity contribution in [3.63, 3.8) is 0 Å². The zero-order valence-corrected chi connectivity index (χ0v) is 6.91. The van der Waals surface area contributed by atoms with Crippen molar-refractivity contribution >= 4 is 28.6 Å². The van der Waals surface area contributed by atoms with Crippen LogP contribution < -0.4 is 5.73 Å². The first-order chi connectivity index (χ1) is 4.18. The van der Waals surface area contributed by atoms with Crippen molar-refractivity contribution in [1.29, 1.82) is 0 Å². The molecule has 0 bridgehead atoms. The molecule has 0 rings (SSSR count). The lowest BCUT2D eigenvalue weighted by atomic mass is 10.2. The van der Waals surface area contributed by atoms with E-state index in [2.05, 4.69) is 0 Å². The first kappa shape index (κ1) is 8.90. The Kier molecular flexibility index (Phi) is 4.70. The first-order valence-corrected chi connectivity index (χ1v) is 3.66. The summed E-state index contributed by atoms with van der Waals surface area (Å²) in [6.45, 7) is 0. The molecule has 1 atom stereocenters. The minimum absolute atomic E-state index is 0.401. The smallest absolute Gasteiger partial charge is 0.320 e. The number of halogens is 1. The van der Waals surface area contributed by atoms with Crippen molar-refractivity contribution in [3.05, 3.63) is 10.2 Å². The summed E-state index contributed by atoms with van der Waals surface area (Å²) in [7, 11) is 0. The summed E-state index contributed by atoms with van der Waals surface area (Å²) in [5, 5.41) is 8.25. The highest BCUT2D eigenvalue weighted by molar-refractivity contribution is 14.1. The number of hydrogen-bond acceptors (Lipinski definition) is 2. The molecule has 0 amide bonds. The molecule has 3 nitrogen and oxygen atoms in total. The second-order valence-corrected chi connectivity index (χ2v) is 2.26. The van der Waals surface area contributed by atoms with Crippen molar-refractivity contribution in [2.45, 2.75) is 12.5 Å². The molecule has 0 aliphatic carbocycles. The van der Waals surface area contributed by atoms with Gasteiger partial charge in [0.25, 0.3) is 0 Å². The fraction of sp³-hybridized carbons (Fsp3) is 0.400. The highest BCUT2D eigenvalue weighted by Gasteiger charge is 2.07. The molecule has 4 heteroatoms. The van der Waals surface area contributed by atoms with E-state index in [4.69, 9.17) is 10.8 Å². The number of carbonyl (C=O) groups is 1. The van der Waals surface area contributed by atoms with Gasteiger partial charge in [-0.3, -0.25) is 4.79 Å². The van der Waals surface area contributed by atoms with E-state index in [9.17, 15) is 4.79 Å². The van der Waals surface area contributed by atoms with Gasteiger partial charge in [0.1, 0.15) is 6.04 Å². The van der Waals surface area contributed by atoms with Crippen LogP contribution in [-0.2, 0) is 4.79 Å². The van der Waals surface area contributed by atoms with Gasteiger partial charge in [0.15, 0.2) is 0 Å². The van der Waals surface area contributed by atoms with Gasteiger partial charge in [-0.15, -0.1) is 0 Å². The molecule has 52 valence electrons. The fourth-order valence-electron chi connectivity index (χ4n) is 0.299. The zero-order chi connectivity index (χ0) is 7.28. The molecule has 0 spiro atoms. The highest BCUT2D eigenvalue weighted by Crippen LogP contribution is 1.92. The second kappa shape index (κ2) is 4.75. The molecule has 0 aromatic rings. The average molecular weight is 241 g/mol. The van der Waals surface area contributed by atoms with Crippen LogP contribution in [0, 0.1) is 0 Å². The maximum Gasteiger partial charge on any atom is 0.320 e. The number of hydrogen-bond donors (Lipinski definition) is 2. The van der Waals surface area contributed by atoms with Crippen molar-refractivity contribution in [2.24, 2.45) is 5.73 Å². The number of carboxylic acids is 1. The summed E-state index contributed by atoms with van der Waals surface area (Å²) in [6, 6.07) is -0.754. The summed E-state index contributed by atoms with van der Waals surface area (Å²) >= 11 is 2.02. The van der Waals surface area contributed by atoms with Crippen LogP contribution >= 0.6 is 22.6 Å². The summed E-state index contributed by atoms with van der Waals surface area (Å²) in [5.74, 6) is -0.954. The highest BCUT2D eigenvalue weighted by atomic mass is 127. The monoisotopic (exact) mass is 241 g/mol. The maximum absolute atomic E-state index is 10.0. The van der Waals surface area contributed by atoms with Crippen LogP contribution in [0.25, 0.3) is 0 Å². The van der Waals surface area contributed by atoms with Crippen LogP contribution in [0.3, 0.4) is 0 Å². The molecule has 0 saturated heterocycles. The van der Waals surface area contributed by atoms with E-state index >= 15 is 0 Å². The van der Waals surface area contributed by atoms with Crippen LogP contribution in [0.15, 0.2) is 10.2 Å². The van der Waals surface area contributed by atoms with E-state index in [-0.39, 0.29) is 0 Å². The van der Waals surface area contributed by atoms with Crippen molar-refractivity contribution < 1.29 is 9.90 Å². The molecule has 3 N–H and O–H groups in total. The van der Waals surface area contributed by atoms with E-state index in [0.717, 1.165) is 0 Å². The first-order valence-electron chi connectivity index (χ1n) is 2.42. The fourth-order valence-corrected chi connectivity index (χ4v) is 0.592. The second-order valence-electron chi connectivity index (χ2n) is 1.54. The quantitative estimate of drug-likeness (QED) is 0.716. The van der Waals surface area contributed by atoms with Gasteiger partial charge in [-0.25, -0.2) is 0 Å². The Labute approximate surface area is 67.1 Å². The molecule has 0 aliphatic rings. The molecule has 9 heavy (non-hydrogen) atoms. The number of carboxylic acid groups (broad SMARTS) is 1. The molecule has 0 fully saturated rings. The lowest BCUT2D eigenvalue weighted by Crippen LogP contribution is -2.29. The normalized spacial score (nSPS) is 14.0. The van der Waals surface area contributed by atoms with E-state index in [1.165, 1.54) is 0 Å². The van der Waals surface area contributed by atoms with Crippen molar-refractivity contribution in [3.8, 4) is 0 Å². The van der Waals surface area contributed by atoms with Crippen LogP contribution in [0.1, 0.15) is 6.42 Å². The van der Waals surface area contributed by atoms with Crippen molar-refractivity contribution in [1.82, 2.24) is 0 Å². The molecule has 0 aromatic carbocycles. The van der Waals surface area contributed by atoms with Gasteiger partial charge in [-0.05, 0) is 10.5 Å². The average Bonchev–Trinajstić information content (AvgIpc) is 1.82. The lowest BCUT2D eigenvalue weighted by Gasteiger charge is -1.98. The van der Waals surface area contributed by atoms with Gasteiger partial charge in [-0.1, -0.05) is 28.7 Å². The minimum Gasteiger partial charge on any atom is -0.480 e. The zero-order valence-electron chi connectivity index (χ0n) is 4.75. The Morgan fingerprint density at radius 3 is 2.78 bits per heavy atom. The van der Waals surface area contributed by atoms with Gasteiger partial charge in [-0.2, -0.15) is 0 Å². The van der Waals surface area contributed by atoms with Crippen molar-refractivity contribution in [2.75, 3.05) is 0 Å². The van der Waals surface area contributed by atoms with Gasteiger partial charge < -0.3 is 10.8 Å². The van der Waals surface area contributed by atoms with Gasteiger partial charge in [0, 0.05) is 0 Å². The van der Waals surface area contributed by atoms with E-state index < -0.39 is 12.0 Å². The summed E-state index contributed by atoms with van der Waals surface area (Å²) in [4.78, 5) is 10.0. The molecule has 0 aliphatic heterocycles. The predicted molar refractivity (Wildman–Crippen MR) is 43.4 cm³/mol. The maximum atomic E-state index is 10.0. The summed E-state index contributed by atoms with van der Waals surface area (Å²) < 4.78 is 1.75. The Morgan fingerprint density at radius 1 is 1.89 bits per heavy atom. The number of rotatable bonds is 3. The summed E-state index contributed by atoms with van der Waals surface area (Å²) in [6.07, 6.45) is 2.12. The Balaban J connectivity index is 3.50. The third-order valence-electron chi connectivity index (χ3n) is 0.796. The van der Waals surface area contributed by atoms with Crippen LogP contribution in [0.4, 0.5) is 0 Å². The molecule has 0 aromatic heterocycles. The third-order valence-corrected chi connectivity index (χ3v) is 1.30. The predicted octanol–water partition coefficient (Wildman–Crippen LogP) is 0.737. The SMILES string of the molecule is NC(C/C=C\I)C(=O)O. The minimum atomic E-state index is -0.954. The number of aliphatic carboxylic acids is 1. The molecular formula is C5H8INO2. The number of nitrogens with two attached hydrogens (primary N) is 1. The lowest BCUT2D eigenvalue weighted by molar-refractivity contribution is -0.138. The molecule has 0 saturated carbocycles. The van der Waals surface area contributed by atoms with Crippen LogP contribution in [0.5, 0.6) is 0 Å². The van der Waals surface area contributed by atoms with E-state index in [1.54, 1.807) is 10.2 Å². The van der Waals surface area contributed by atoms with Crippen LogP contribution in [0.2, 0.25) is 0 Å². The largest absolute Gasteiger partial charge is 0.480 e. The van der Waals surface area contributed by atoms with Crippen LogP contribution in [-0.4, -0.2) is 17.1 Å². The molecule has 1 unspecified atom stereocenters. The Bertz CT molecular complexity index is 124. The Hall–Kier alpha value is -0.100. The van der Waals surface area contributed by atoms with Gasteiger partial charge in [0.05, 0.1) is 0 Å². The molecule has 0 heterocycles. The molecule has 0 radical (unpaired) electrons. The summed E-state index contributed by atoms with van der Waals surface area (Å²) in [5.41, 5.74) is 5.15. The topological polar surface area (TPSA) is 63.3 Å². The Morgan fingerprint density at radius 2 is 2.44 bits per heavy atom. The standard InChI is InChI=1S/C5H8INO2/c6-3-1-2-4(7)5(8)9/h1,3-4H,2,7H2,(H,8,9)/b3-1-. The van der Waals surface area contributed by atoms with E-state index in [0.29, 0.717) is 6.42 Å².